The first-order valence-corrected chi connectivity index (χ1v) is 5.91. The number of aliphatic hydroxyl groups excluding tert-OH is 1. The van der Waals surface area contributed by atoms with E-state index in [9.17, 15) is 31.4 Å². The van der Waals surface area contributed by atoms with Gasteiger partial charge in [-0.1, -0.05) is 0 Å². The molecular formula is C11H16F6O. The Kier molecular flexibility index (Phi) is 4.91. The van der Waals surface area contributed by atoms with Crippen molar-refractivity contribution in [1.29, 1.82) is 0 Å². The summed E-state index contributed by atoms with van der Waals surface area (Å²) in [5.41, 5.74) is 0. The summed E-state index contributed by atoms with van der Waals surface area (Å²) < 4.78 is 72.9. The summed E-state index contributed by atoms with van der Waals surface area (Å²) in [4.78, 5) is 0. The van der Waals surface area contributed by atoms with E-state index in [0.717, 1.165) is 0 Å². The Labute approximate surface area is 101 Å². The first-order chi connectivity index (χ1) is 8.09. The zero-order valence-electron chi connectivity index (χ0n) is 9.69. The van der Waals surface area contributed by atoms with E-state index < -0.39 is 43.1 Å². The van der Waals surface area contributed by atoms with Gasteiger partial charge in [-0.2, -0.15) is 26.3 Å². The Balaban J connectivity index is 2.34. The van der Waals surface area contributed by atoms with Gasteiger partial charge in [-0.15, -0.1) is 0 Å². The molecule has 0 bridgehead atoms. The van der Waals surface area contributed by atoms with Crippen LogP contribution in [0.3, 0.4) is 0 Å². The maximum absolute atomic E-state index is 12.4. The normalized spacial score (nSPS) is 28.2. The lowest BCUT2D eigenvalue weighted by Crippen LogP contribution is -2.32. The van der Waals surface area contributed by atoms with Gasteiger partial charge < -0.3 is 5.11 Å². The SMILES string of the molecule is OC(CCC(F)(F)F)C1CCC(C(F)(F)F)CC1. The van der Waals surface area contributed by atoms with E-state index in [0.29, 0.717) is 0 Å². The molecule has 0 saturated heterocycles. The van der Waals surface area contributed by atoms with Crippen LogP contribution < -0.4 is 0 Å². The molecule has 1 aliphatic rings. The summed E-state index contributed by atoms with van der Waals surface area (Å²) in [5.74, 6) is -1.81. The minimum Gasteiger partial charge on any atom is -0.393 e. The topological polar surface area (TPSA) is 20.2 Å². The van der Waals surface area contributed by atoms with Gasteiger partial charge in [0.2, 0.25) is 0 Å². The standard InChI is InChI=1S/C11H16F6O/c12-10(13,14)6-5-9(18)7-1-3-8(4-2-7)11(15,16)17/h7-9,18H,1-6H2. The summed E-state index contributed by atoms with van der Waals surface area (Å²) >= 11 is 0. The molecule has 0 aromatic rings. The molecule has 0 amide bonds. The monoisotopic (exact) mass is 278 g/mol. The first kappa shape index (κ1) is 15.6. The predicted molar refractivity (Wildman–Crippen MR) is 52.8 cm³/mol. The second-order valence-electron chi connectivity index (χ2n) is 4.87. The molecule has 0 aromatic heterocycles. The van der Waals surface area contributed by atoms with Crippen molar-refractivity contribution in [3.8, 4) is 0 Å². The fraction of sp³-hybridized carbons (Fsp3) is 1.00. The molecule has 108 valence electrons. The predicted octanol–water partition coefficient (Wildman–Crippen LogP) is 4.06. The van der Waals surface area contributed by atoms with Crippen LogP contribution in [0.2, 0.25) is 0 Å². The van der Waals surface area contributed by atoms with Crippen LogP contribution >= 0.6 is 0 Å². The second-order valence-corrected chi connectivity index (χ2v) is 4.87. The summed E-state index contributed by atoms with van der Waals surface area (Å²) in [6, 6.07) is 0. The molecule has 18 heavy (non-hydrogen) atoms. The smallest absolute Gasteiger partial charge is 0.391 e. The van der Waals surface area contributed by atoms with Crippen LogP contribution in [0.5, 0.6) is 0 Å². The molecule has 0 radical (unpaired) electrons. The van der Waals surface area contributed by atoms with Gasteiger partial charge in [0.1, 0.15) is 0 Å². The lowest BCUT2D eigenvalue weighted by molar-refractivity contribution is -0.186. The lowest BCUT2D eigenvalue weighted by atomic mass is 9.78. The molecule has 0 spiro atoms. The largest absolute Gasteiger partial charge is 0.393 e. The van der Waals surface area contributed by atoms with Crippen molar-refractivity contribution in [3.05, 3.63) is 0 Å². The van der Waals surface area contributed by atoms with Crippen molar-refractivity contribution >= 4 is 0 Å². The summed E-state index contributed by atoms with van der Waals surface area (Å²) in [5, 5.41) is 9.55. The molecule has 1 saturated carbocycles. The Morgan fingerprint density at radius 2 is 1.44 bits per heavy atom. The number of rotatable bonds is 3. The third-order valence-corrected chi connectivity index (χ3v) is 3.50. The van der Waals surface area contributed by atoms with Gasteiger partial charge >= 0.3 is 12.4 Å². The molecule has 1 N–H and O–H groups in total. The van der Waals surface area contributed by atoms with Gasteiger partial charge in [-0.3, -0.25) is 0 Å². The van der Waals surface area contributed by atoms with E-state index in [2.05, 4.69) is 0 Å². The third kappa shape index (κ3) is 5.04. The molecular weight excluding hydrogens is 262 g/mol. The van der Waals surface area contributed by atoms with E-state index in [-0.39, 0.29) is 25.7 Å². The molecule has 0 aromatic carbocycles. The minimum absolute atomic E-state index is 0.1000. The maximum atomic E-state index is 12.4. The summed E-state index contributed by atoms with van der Waals surface area (Å²) in [6.07, 6.45) is -11.1. The fourth-order valence-corrected chi connectivity index (χ4v) is 2.38. The van der Waals surface area contributed by atoms with E-state index >= 15 is 0 Å². The van der Waals surface area contributed by atoms with Crippen LogP contribution in [0, 0.1) is 11.8 Å². The van der Waals surface area contributed by atoms with E-state index in [1.165, 1.54) is 0 Å². The quantitative estimate of drug-likeness (QED) is 0.772. The van der Waals surface area contributed by atoms with Crippen LogP contribution in [0.15, 0.2) is 0 Å². The summed E-state index contributed by atoms with van der Waals surface area (Å²) in [6.45, 7) is 0. The van der Waals surface area contributed by atoms with Gasteiger partial charge in [0, 0.05) is 6.42 Å². The molecule has 1 nitrogen and oxygen atoms in total. The Morgan fingerprint density at radius 3 is 1.83 bits per heavy atom. The zero-order valence-corrected chi connectivity index (χ0v) is 9.69. The summed E-state index contributed by atoms with van der Waals surface area (Å²) in [7, 11) is 0. The van der Waals surface area contributed by atoms with Crippen molar-refractivity contribution in [2.75, 3.05) is 0 Å². The van der Waals surface area contributed by atoms with E-state index in [1.54, 1.807) is 0 Å². The van der Waals surface area contributed by atoms with Crippen molar-refractivity contribution in [1.82, 2.24) is 0 Å². The van der Waals surface area contributed by atoms with Gasteiger partial charge in [-0.05, 0) is 38.0 Å². The second kappa shape index (κ2) is 5.67. The number of hydrogen-bond acceptors (Lipinski definition) is 1. The van der Waals surface area contributed by atoms with Crippen molar-refractivity contribution in [2.45, 2.75) is 57.0 Å². The van der Waals surface area contributed by atoms with E-state index in [4.69, 9.17) is 0 Å². The van der Waals surface area contributed by atoms with Gasteiger partial charge in [0.05, 0.1) is 12.0 Å². The van der Waals surface area contributed by atoms with Crippen molar-refractivity contribution in [3.63, 3.8) is 0 Å². The molecule has 7 heteroatoms. The fourth-order valence-electron chi connectivity index (χ4n) is 2.38. The molecule has 0 heterocycles. The highest BCUT2D eigenvalue weighted by molar-refractivity contribution is 4.81. The van der Waals surface area contributed by atoms with Crippen molar-refractivity contribution in [2.24, 2.45) is 11.8 Å². The highest BCUT2D eigenvalue weighted by Crippen LogP contribution is 2.41. The van der Waals surface area contributed by atoms with Crippen molar-refractivity contribution < 1.29 is 31.4 Å². The molecule has 1 fully saturated rings. The number of alkyl halides is 6. The number of aliphatic hydroxyl groups is 1. The number of halogens is 6. The van der Waals surface area contributed by atoms with Gasteiger partial charge in [0.15, 0.2) is 0 Å². The van der Waals surface area contributed by atoms with Crippen LogP contribution in [-0.4, -0.2) is 23.6 Å². The van der Waals surface area contributed by atoms with Gasteiger partial charge in [0.25, 0.3) is 0 Å². The average molecular weight is 278 g/mol. The molecule has 1 aliphatic carbocycles. The zero-order chi connectivity index (χ0) is 14.0. The third-order valence-electron chi connectivity index (χ3n) is 3.50. The van der Waals surface area contributed by atoms with Gasteiger partial charge in [-0.25, -0.2) is 0 Å². The Hall–Kier alpha value is -0.460. The first-order valence-electron chi connectivity index (χ1n) is 5.91. The Bertz CT molecular complexity index is 251. The van der Waals surface area contributed by atoms with Crippen LogP contribution in [0.25, 0.3) is 0 Å². The van der Waals surface area contributed by atoms with Crippen LogP contribution in [0.1, 0.15) is 38.5 Å². The highest BCUT2D eigenvalue weighted by atomic mass is 19.4. The van der Waals surface area contributed by atoms with Crippen LogP contribution in [-0.2, 0) is 0 Å². The highest BCUT2D eigenvalue weighted by Gasteiger charge is 2.42. The Morgan fingerprint density at radius 1 is 0.944 bits per heavy atom. The lowest BCUT2D eigenvalue weighted by Gasteiger charge is -2.32. The van der Waals surface area contributed by atoms with Crippen LogP contribution in [0.4, 0.5) is 26.3 Å². The molecule has 0 aliphatic heterocycles. The molecule has 1 atom stereocenters. The minimum atomic E-state index is -4.33. The number of hydrogen-bond donors (Lipinski definition) is 1. The van der Waals surface area contributed by atoms with E-state index in [1.807, 2.05) is 0 Å². The molecule has 1 unspecified atom stereocenters. The maximum Gasteiger partial charge on any atom is 0.391 e. The average Bonchev–Trinajstić information content (AvgIpc) is 2.24. The molecule has 1 rings (SSSR count).